The van der Waals surface area contributed by atoms with Crippen molar-refractivity contribution in [3.63, 3.8) is 0 Å². The zero-order chi connectivity index (χ0) is 14.7. The Kier molecular flexibility index (Phi) is 4.27. The van der Waals surface area contributed by atoms with E-state index >= 15 is 0 Å². The van der Waals surface area contributed by atoms with Crippen LogP contribution >= 0.6 is 0 Å². The third-order valence-electron chi connectivity index (χ3n) is 3.26. The molecule has 1 fully saturated rings. The molecule has 0 aromatic heterocycles. The summed E-state index contributed by atoms with van der Waals surface area (Å²) in [5.74, 6) is -0.262. The zero-order valence-electron chi connectivity index (χ0n) is 11.7. The van der Waals surface area contributed by atoms with Crippen LogP contribution in [0.4, 0.5) is 0 Å². The standard InChI is InChI=1S/C15H19NO4/c1-10(2)20-12-5-3-11(4-6-12)9-16-13(15(18)19)7-8-14(16)17/h3-6,10,13H,7-9H2,1-2H3,(H,18,19)/t13-/m0/s1. The Morgan fingerprint density at radius 1 is 1.40 bits per heavy atom. The molecule has 1 amide bonds. The molecule has 5 nitrogen and oxygen atoms in total. The van der Waals surface area contributed by atoms with Crippen molar-refractivity contribution in [1.82, 2.24) is 4.90 Å². The molecule has 1 aliphatic heterocycles. The molecule has 0 bridgehead atoms. The van der Waals surface area contributed by atoms with Gasteiger partial charge in [0.1, 0.15) is 11.8 Å². The molecule has 1 N–H and O–H groups in total. The van der Waals surface area contributed by atoms with Crippen molar-refractivity contribution in [2.24, 2.45) is 0 Å². The molecule has 0 unspecified atom stereocenters. The molecule has 1 atom stereocenters. The Labute approximate surface area is 118 Å². The molecule has 0 spiro atoms. The summed E-state index contributed by atoms with van der Waals surface area (Å²) in [5.41, 5.74) is 0.905. The maximum atomic E-state index is 11.7. The number of nitrogens with zero attached hydrogens (tertiary/aromatic N) is 1. The maximum absolute atomic E-state index is 11.7. The Morgan fingerprint density at radius 2 is 2.05 bits per heavy atom. The molecule has 108 valence electrons. The van der Waals surface area contributed by atoms with Gasteiger partial charge < -0.3 is 14.7 Å². The molecular formula is C15H19NO4. The highest BCUT2D eigenvalue weighted by Crippen LogP contribution is 2.22. The van der Waals surface area contributed by atoms with E-state index in [-0.39, 0.29) is 12.0 Å². The van der Waals surface area contributed by atoms with E-state index < -0.39 is 12.0 Å². The molecule has 0 saturated carbocycles. The summed E-state index contributed by atoms with van der Waals surface area (Å²) in [5, 5.41) is 9.11. The number of carboxylic acids is 1. The smallest absolute Gasteiger partial charge is 0.326 e. The molecule has 5 heteroatoms. The van der Waals surface area contributed by atoms with Gasteiger partial charge in [-0.3, -0.25) is 4.79 Å². The van der Waals surface area contributed by atoms with E-state index in [1.807, 2.05) is 38.1 Å². The van der Waals surface area contributed by atoms with Crippen molar-refractivity contribution in [3.05, 3.63) is 29.8 Å². The summed E-state index contributed by atoms with van der Waals surface area (Å²) in [6, 6.07) is 6.70. The average molecular weight is 277 g/mol. The molecule has 20 heavy (non-hydrogen) atoms. The van der Waals surface area contributed by atoms with Crippen molar-refractivity contribution >= 4 is 11.9 Å². The number of rotatable bonds is 5. The monoisotopic (exact) mass is 277 g/mol. The van der Waals surface area contributed by atoms with Crippen molar-refractivity contribution in [2.45, 2.75) is 45.4 Å². The summed E-state index contributed by atoms with van der Waals surface area (Å²) in [7, 11) is 0. The fourth-order valence-corrected chi connectivity index (χ4v) is 2.33. The van der Waals surface area contributed by atoms with Crippen LogP contribution in [-0.4, -0.2) is 34.0 Å². The quantitative estimate of drug-likeness (QED) is 0.894. The second kappa shape index (κ2) is 5.94. The number of hydrogen-bond acceptors (Lipinski definition) is 3. The summed E-state index contributed by atoms with van der Waals surface area (Å²) in [6.07, 6.45) is 0.811. The van der Waals surface area contributed by atoms with Gasteiger partial charge in [0, 0.05) is 13.0 Å². The largest absolute Gasteiger partial charge is 0.491 e. The van der Waals surface area contributed by atoms with Gasteiger partial charge in [-0.15, -0.1) is 0 Å². The average Bonchev–Trinajstić information content (AvgIpc) is 2.73. The summed E-state index contributed by atoms with van der Waals surface area (Å²) in [6.45, 7) is 4.24. The van der Waals surface area contributed by atoms with Crippen LogP contribution in [0.3, 0.4) is 0 Å². The molecular weight excluding hydrogens is 258 g/mol. The Hall–Kier alpha value is -2.04. The molecule has 0 aliphatic carbocycles. The van der Waals surface area contributed by atoms with E-state index in [9.17, 15) is 9.59 Å². The topological polar surface area (TPSA) is 66.8 Å². The molecule has 1 aliphatic rings. The van der Waals surface area contributed by atoms with E-state index in [0.717, 1.165) is 11.3 Å². The second-order valence-electron chi connectivity index (χ2n) is 5.22. The minimum atomic E-state index is -0.935. The van der Waals surface area contributed by atoms with Gasteiger partial charge in [0.2, 0.25) is 5.91 Å². The van der Waals surface area contributed by atoms with E-state index in [4.69, 9.17) is 9.84 Å². The van der Waals surface area contributed by atoms with Crippen LogP contribution in [0.5, 0.6) is 5.75 Å². The number of amides is 1. The number of carbonyl (C=O) groups is 2. The van der Waals surface area contributed by atoms with Gasteiger partial charge in [-0.2, -0.15) is 0 Å². The lowest BCUT2D eigenvalue weighted by Crippen LogP contribution is -2.37. The van der Waals surface area contributed by atoms with Crippen LogP contribution < -0.4 is 4.74 Å². The Bertz CT molecular complexity index is 495. The maximum Gasteiger partial charge on any atom is 0.326 e. The zero-order valence-corrected chi connectivity index (χ0v) is 11.7. The van der Waals surface area contributed by atoms with E-state index in [1.165, 1.54) is 4.90 Å². The minimum absolute atomic E-state index is 0.0973. The highest BCUT2D eigenvalue weighted by Gasteiger charge is 2.35. The fraction of sp³-hybridized carbons (Fsp3) is 0.467. The molecule has 1 heterocycles. The third kappa shape index (κ3) is 3.29. The van der Waals surface area contributed by atoms with Crippen LogP contribution in [0, 0.1) is 0 Å². The van der Waals surface area contributed by atoms with Gasteiger partial charge in [-0.1, -0.05) is 12.1 Å². The molecule has 1 aromatic rings. The van der Waals surface area contributed by atoms with Gasteiger partial charge in [0.05, 0.1) is 6.10 Å². The van der Waals surface area contributed by atoms with Gasteiger partial charge in [0.25, 0.3) is 0 Å². The van der Waals surface area contributed by atoms with Gasteiger partial charge >= 0.3 is 5.97 Å². The number of aliphatic carboxylic acids is 1. The predicted octanol–water partition coefficient (Wildman–Crippen LogP) is 2.05. The van der Waals surface area contributed by atoms with Gasteiger partial charge in [-0.05, 0) is 38.0 Å². The van der Waals surface area contributed by atoms with Gasteiger partial charge in [-0.25, -0.2) is 4.79 Å². The van der Waals surface area contributed by atoms with Crippen molar-refractivity contribution in [3.8, 4) is 5.75 Å². The van der Waals surface area contributed by atoms with Crippen molar-refractivity contribution < 1.29 is 19.4 Å². The first-order chi connectivity index (χ1) is 9.47. The van der Waals surface area contributed by atoms with Crippen LogP contribution in [-0.2, 0) is 16.1 Å². The van der Waals surface area contributed by atoms with Crippen LogP contribution in [0.15, 0.2) is 24.3 Å². The number of hydrogen-bond donors (Lipinski definition) is 1. The first-order valence-corrected chi connectivity index (χ1v) is 6.75. The first-order valence-electron chi connectivity index (χ1n) is 6.75. The number of carbonyl (C=O) groups excluding carboxylic acids is 1. The lowest BCUT2D eigenvalue weighted by molar-refractivity contribution is -0.146. The number of likely N-dealkylation sites (tertiary alicyclic amines) is 1. The third-order valence-corrected chi connectivity index (χ3v) is 3.26. The number of carboxylic acid groups (broad SMARTS) is 1. The highest BCUT2D eigenvalue weighted by atomic mass is 16.5. The number of benzene rings is 1. The molecule has 2 rings (SSSR count). The van der Waals surface area contributed by atoms with Crippen molar-refractivity contribution in [2.75, 3.05) is 0 Å². The molecule has 1 aromatic carbocycles. The van der Waals surface area contributed by atoms with Crippen molar-refractivity contribution in [1.29, 1.82) is 0 Å². The van der Waals surface area contributed by atoms with E-state index in [1.54, 1.807) is 0 Å². The normalized spacial score (nSPS) is 18.6. The van der Waals surface area contributed by atoms with E-state index in [2.05, 4.69) is 0 Å². The SMILES string of the molecule is CC(C)Oc1ccc(CN2C(=O)CC[C@H]2C(=O)O)cc1. The Morgan fingerprint density at radius 3 is 2.60 bits per heavy atom. The Balaban J connectivity index is 2.05. The summed E-state index contributed by atoms with van der Waals surface area (Å²) in [4.78, 5) is 24.3. The van der Waals surface area contributed by atoms with Crippen LogP contribution in [0.2, 0.25) is 0 Å². The predicted molar refractivity (Wildman–Crippen MR) is 73.4 cm³/mol. The van der Waals surface area contributed by atoms with Gasteiger partial charge in [0.15, 0.2) is 0 Å². The van der Waals surface area contributed by atoms with E-state index in [0.29, 0.717) is 19.4 Å². The fourth-order valence-electron chi connectivity index (χ4n) is 2.33. The second-order valence-corrected chi connectivity index (χ2v) is 5.22. The van der Waals surface area contributed by atoms with Crippen LogP contribution in [0.1, 0.15) is 32.3 Å². The number of ether oxygens (including phenoxy) is 1. The summed E-state index contributed by atoms with van der Waals surface area (Å²) < 4.78 is 5.54. The van der Waals surface area contributed by atoms with Crippen LogP contribution in [0.25, 0.3) is 0 Å². The molecule has 0 radical (unpaired) electrons. The molecule has 1 saturated heterocycles. The minimum Gasteiger partial charge on any atom is -0.491 e. The lowest BCUT2D eigenvalue weighted by Gasteiger charge is -2.21. The summed E-state index contributed by atoms with van der Waals surface area (Å²) >= 11 is 0. The highest BCUT2D eigenvalue weighted by molar-refractivity contribution is 5.87. The lowest BCUT2D eigenvalue weighted by atomic mass is 10.2. The first kappa shape index (κ1) is 14.4.